The lowest BCUT2D eigenvalue weighted by Crippen LogP contribution is -2.47. The van der Waals surface area contributed by atoms with Crippen LogP contribution in [-0.2, 0) is 4.74 Å². The van der Waals surface area contributed by atoms with Crippen molar-refractivity contribution in [3.8, 4) is 5.88 Å². The molecule has 0 saturated carbocycles. The molecule has 7 heteroatoms. The van der Waals surface area contributed by atoms with Crippen molar-refractivity contribution in [2.24, 2.45) is 0 Å². The smallest absolute Gasteiger partial charge is 0.228 e. The van der Waals surface area contributed by atoms with Crippen LogP contribution in [0, 0.1) is 0 Å². The molecule has 1 aromatic heterocycles. The number of ether oxygens (including phenoxy) is 2. The number of anilines is 1. The zero-order chi connectivity index (χ0) is 16.6. The molecule has 2 fully saturated rings. The van der Waals surface area contributed by atoms with E-state index in [0.717, 1.165) is 58.4 Å². The molecule has 134 valence electrons. The van der Waals surface area contributed by atoms with Gasteiger partial charge < -0.3 is 14.4 Å². The Labute approximate surface area is 144 Å². The molecule has 0 bridgehead atoms. The van der Waals surface area contributed by atoms with Crippen LogP contribution in [0.25, 0.3) is 0 Å². The van der Waals surface area contributed by atoms with Crippen LogP contribution in [0.3, 0.4) is 0 Å². The Hall–Kier alpha value is -1.44. The van der Waals surface area contributed by atoms with Crippen LogP contribution in [0.15, 0.2) is 12.3 Å². The highest BCUT2D eigenvalue weighted by Gasteiger charge is 2.19. The zero-order valence-electron chi connectivity index (χ0n) is 14.7. The van der Waals surface area contributed by atoms with Gasteiger partial charge in [0, 0.05) is 51.5 Å². The van der Waals surface area contributed by atoms with Gasteiger partial charge in [-0.3, -0.25) is 9.80 Å². The van der Waals surface area contributed by atoms with Gasteiger partial charge in [-0.2, -0.15) is 4.98 Å². The van der Waals surface area contributed by atoms with E-state index in [-0.39, 0.29) is 0 Å². The van der Waals surface area contributed by atoms with Crippen molar-refractivity contribution in [3.05, 3.63) is 12.3 Å². The van der Waals surface area contributed by atoms with Gasteiger partial charge in [-0.05, 0) is 26.4 Å². The quantitative estimate of drug-likeness (QED) is 0.728. The van der Waals surface area contributed by atoms with Crippen LogP contribution in [0.4, 0.5) is 5.95 Å². The molecule has 0 aromatic carbocycles. The second kappa shape index (κ2) is 9.15. The Morgan fingerprint density at radius 3 is 2.46 bits per heavy atom. The zero-order valence-corrected chi connectivity index (χ0v) is 14.7. The molecule has 0 aliphatic carbocycles. The van der Waals surface area contributed by atoms with Crippen molar-refractivity contribution < 1.29 is 9.47 Å². The van der Waals surface area contributed by atoms with Crippen molar-refractivity contribution in [1.82, 2.24) is 19.8 Å². The Bertz CT molecular complexity index is 488. The lowest BCUT2D eigenvalue weighted by molar-refractivity contribution is 0.0360. The first-order valence-corrected chi connectivity index (χ1v) is 9.08. The van der Waals surface area contributed by atoms with E-state index < -0.39 is 0 Å². The van der Waals surface area contributed by atoms with Crippen LogP contribution in [0.1, 0.15) is 13.3 Å². The molecular weight excluding hydrogens is 306 g/mol. The number of morpholine rings is 1. The lowest BCUT2D eigenvalue weighted by atomic mass is 10.2. The second-order valence-electron chi connectivity index (χ2n) is 6.26. The predicted octanol–water partition coefficient (Wildman–Crippen LogP) is 0.720. The van der Waals surface area contributed by atoms with Gasteiger partial charge in [-0.25, -0.2) is 4.98 Å². The van der Waals surface area contributed by atoms with Crippen LogP contribution in [0.5, 0.6) is 5.88 Å². The molecule has 0 radical (unpaired) electrons. The van der Waals surface area contributed by atoms with Gasteiger partial charge >= 0.3 is 0 Å². The van der Waals surface area contributed by atoms with E-state index in [1.54, 1.807) is 6.20 Å². The molecular formula is C17H29N5O2. The van der Waals surface area contributed by atoms with E-state index in [0.29, 0.717) is 12.5 Å². The summed E-state index contributed by atoms with van der Waals surface area (Å²) in [5, 5.41) is 0. The summed E-state index contributed by atoms with van der Waals surface area (Å²) in [6.07, 6.45) is 3.01. The summed E-state index contributed by atoms with van der Waals surface area (Å²) >= 11 is 0. The summed E-state index contributed by atoms with van der Waals surface area (Å²) in [6, 6.07) is 1.81. The van der Waals surface area contributed by atoms with Gasteiger partial charge in [-0.1, -0.05) is 0 Å². The SMILES string of the molecule is CCOc1ccnc(N2CCN(CCCN3CCOCC3)CC2)n1. The molecule has 1 aromatic rings. The molecule has 24 heavy (non-hydrogen) atoms. The van der Waals surface area contributed by atoms with Crippen molar-refractivity contribution in [2.75, 3.05) is 77.1 Å². The van der Waals surface area contributed by atoms with Crippen LogP contribution < -0.4 is 9.64 Å². The Morgan fingerprint density at radius 2 is 1.75 bits per heavy atom. The fourth-order valence-electron chi connectivity index (χ4n) is 3.23. The number of piperazine rings is 1. The summed E-state index contributed by atoms with van der Waals surface area (Å²) in [5.41, 5.74) is 0. The number of hydrogen-bond acceptors (Lipinski definition) is 7. The average molecular weight is 335 g/mol. The molecule has 0 unspecified atom stereocenters. The minimum Gasteiger partial charge on any atom is -0.478 e. The summed E-state index contributed by atoms with van der Waals surface area (Å²) in [5.74, 6) is 1.45. The van der Waals surface area contributed by atoms with Crippen molar-refractivity contribution in [1.29, 1.82) is 0 Å². The third-order valence-electron chi connectivity index (χ3n) is 4.62. The normalized spacial score (nSPS) is 20.3. The number of hydrogen-bond donors (Lipinski definition) is 0. The van der Waals surface area contributed by atoms with E-state index in [2.05, 4.69) is 24.7 Å². The van der Waals surface area contributed by atoms with Gasteiger partial charge in [0.2, 0.25) is 11.8 Å². The van der Waals surface area contributed by atoms with E-state index in [1.165, 1.54) is 19.5 Å². The summed E-state index contributed by atoms with van der Waals surface area (Å²) in [7, 11) is 0. The van der Waals surface area contributed by atoms with Crippen molar-refractivity contribution in [3.63, 3.8) is 0 Å². The first kappa shape index (κ1) is 17.4. The number of aromatic nitrogens is 2. The van der Waals surface area contributed by atoms with E-state index >= 15 is 0 Å². The third kappa shape index (κ3) is 5.03. The molecule has 2 aliphatic heterocycles. The van der Waals surface area contributed by atoms with Gasteiger partial charge in [0.1, 0.15) is 0 Å². The summed E-state index contributed by atoms with van der Waals surface area (Å²) in [6.45, 7) is 13.0. The molecule has 0 amide bonds. The molecule has 2 aliphatic rings. The van der Waals surface area contributed by atoms with Gasteiger partial charge in [0.15, 0.2) is 0 Å². The minimum atomic E-state index is 0.632. The first-order chi connectivity index (χ1) is 11.8. The van der Waals surface area contributed by atoms with E-state index in [1.807, 2.05) is 13.0 Å². The number of nitrogens with zero attached hydrogens (tertiary/aromatic N) is 5. The van der Waals surface area contributed by atoms with Crippen molar-refractivity contribution in [2.45, 2.75) is 13.3 Å². The van der Waals surface area contributed by atoms with E-state index in [9.17, 15) is 0 Å². The maximum absolute atomic E-state index is 5.47. The summed E-state index contributed by atoms with van der Waals surface area (Å²) in [4.78, 5) is 16.2. The molecule has 7 nitrogen and oxygen atoms in total. The maximum atomic E-state index is 5.47. The Kier molecular flexibility index (Phi) is 6.63. The molecule has 0 spiro atoms. The van der Waals surface area contributed by atoms with E-state index in [4.69, 9.17) is 9.47 Å². The fourth-order valence-corrected chi connectivity index (χ4v) is 3.23. The largest absolute Gasteiger partial charge is 0.478 e. The molecule has 0 N–H and O–H groups in total. The van der Waals surface area contributed by atoms with Crippen LogP contribution >= 0.6 is 0 Å². The second-order valence-corrected chi connectivity index (χ2v) is 6.26. The highest BCUT2D eigenvalue weighted by atomic mass is 16.5. The Morgan fingerprint density at radius 1 is 1.04 bits per heavy atom. The highest BCUT2D eigenvalue weighted by Crippen LogP contribution is 2.15. The molecule has 3 heterocycles. The summed E-state index contributed by atoms with van der Waals surface area (Å²) < 4.78 is 10.9. The minimum absolute atomic E-state index is 0.632. The van der Waals surface area contributed by atoms with Crippen LogP contribution in [-0.4, -0.2) is 91.9 Å². The first-order valence-electron chi connectivity index (χ1n) is 9.08. The highest BCUT2D eigenvalue weighted by molar-refractivity contribution is 5.32. The van der Waals surface area contributed by atoms with Crippen molar-refractivity contribution >= 4 is 5.95 Å². The Balaban J connectivity index is 1.38. The standard InChI is InChI=1S/C17H29N5O2/c1-2-24-16-4-5-18-17(19-16)22-10-8-20(9-11-22)6-3-7-21-12-14-23-15-13-21/h4-5H,2-3,6-15H2,1H3. The monoisotopic (exact) mass is 335 g/mol. The molecule has 3 rings (SSSR count). The van der Waals surface area contributed by atoms with Gasteiger partial charge in [0.25, 0.3) is 0 Å². The van der Waals surface area contributed by atoms with Crippen LogP contribution in [0.2, 0.25) is 0 Å². The molecule has 2 saturated heterocycles. The maximum Gasteiger partial charge on any atom is 0.228 e. The molecule has 0 atom stereocenters. The van der Waals surface area contributed by atoms with Gasteiger partial charge in [0.05, 0.1) is 19.8 Å². The predicted molar refractivity (Wildman–Crippen MR) is 93.7 cm³/mol. The number of rotatable bonds is 7. The average Bonchev–Trinajstić information content (AvgIpc) is 2.64. The topological polar surface area (TPSA) is 54.0 Å². The third-order valence-corrected chi connectivity index (χ3v) is 4.62. The van der Waals surface area contributed by atoms with Gasteiger partial charge in [-0.15, -0.1) is 0 Å². The fraction of sp³-hybridized carbons (Fsp3) is 0.765. The lowest BCUT2D eigenvalue weighted by Gasteiger charge is -2.35.